The van der Waals surface area contributed by atoms with Gasteiger partial charge in [-0.15, -0.1) is 0 Å². The first-order valence-corrected chi connectivity index (χ1v) is 5.57. The number of hydrogen-bond acceptors (Lipinski definition) is 4. The lowest BCUT2D eigenvalue weighted by molar-refractivity contribution is -0.109. The van der Waals surface area contributed by atoms with Crippen LogP contribution >= 0.6 is 0 Å². The first-order chi connectivity index (χ1) is 8.77. The van der Waals surface area contributed by atoms with E-state index in [0.29, 0.717) is 6.29 Å². The summed E-state index contributed by atoms with van der Waals surface area (Å²) in [5.41, 5.74) is 0.730. The monoisotopic (exact) mass is 255 g/mol. The predicted octanol–water partition coefficient (Wildman–Crippen LogP) is 1.92. The van der Waals surface area contributed by atoms with Gasteiger partial charge in [-0.3, -0.25) is 0 Å². The van der Waals surface area contributed by atoms with Gasteiger partial charge in [-0.1, -0.05) is 44.2 Å². The zero-order chi connectivity index (χ0) is 14.4. The van der Waals surface area contributed by atoms with Crippen LogP contribution in [0.5, 0.6) is 0 Å². The molecule has 5 nitrogen and oxygen atoms in total. The van der Waals surface area contributed by atoms with E-state index >= 15 is 0 Å². The maximum atomic E-state index is 10.9. The molecule has 0 aliphatic rings. The van der Waals surface area contributed by atoms with E-state index in [2.05, 4.69) is 10.1 Å². The number of nitrogens with one attached hydrogen (secondary N) is 1. The van der Waals surface area contributed by atoms with Crippen molar-refractivity contribution < 1.29 is 19.4 Å². The highest BCUT2D eigenvalue weighted by Crippen LogP contribution is 2.09. The van der Waals surface area contributed by atoms with E-state index in [4.69, 9.17) is 5.11 Å². The number of aliphatic hydroxyl groups is 1. The summed E-state index contributed by atoms with van der Waals surface area (Å²) in [6, 6.07) is 8.30. The van der Waals surface area contributed by atoms with Crippen molar-refractivity contribution in [2.75, 3.05) is 14.2 Å². The van der Waals surface area contributed by atoms with E-state index in [-0.39, 0.29) is 0 Å². The minimum Gasteiger partial charge on any atom is -0.453 e. The fourth-order valence-electron chi connectivity index (χ4n) is 1.04. The molecule has 0 bridgehead atoms. The lowest BCUT2D eigenvalue weighted by Crippen LogP contribution is -2.29. The van der Waals surface area contributed by atoms with E-state index in [0.717, 1.165) is 12.7 Å². The topological polar surface area (TPSA) is 75.6 Å². The molecule has 0 aliphatic carbocycles. The van der Waals surface area contributed by atoms with Crippen molar-refractivity contribution >= 4 is 12.4 Å². The quantitative estimate of drug-likeness (QED) is 0.809. The lowest BCUT2D eigenvalue weighted by Gasteiger charge is -2.11. The average Bonchev–Trinajstić information content (AvgIpc) is 2.49. The fourth-order valence-corrected chi connectivity index (χ4v) is 1.04. The smallest absolute Gasteiger partial charge is 0.407 e. The van der Waals surface area contributed by atoms with Crippen LogP contribution in [-0.2, 0) is 9.53 Å². The van der Waals surface area contributed by atoms with Gasteiger partial charge in [0.15, 0.2) is 0 Å². The molecule has 0 fully saturated rings. The molecule has 1 unspecified atom stereocenters. The molecule has 0 spiro atoms. The van der Waals surface area contributed by atoms with Crippen molar-refractivity contribution in [2.24, 2.45) is 0 Å². The van der Waals surface area contributed by atoms with Crippen LogP contribution in [0.2, 0.25) is 0 Å². The minimum atomic E-state index is -0.649. The van der Waals surface area contributed by atoms with Crippen LogP contribution in [0, 0.1) is 0 Å². The summed E-state index contributed by atoms with van der Waals surface area (Å²) in [6.07, 6.45) is 0.0395. The Kier molecular flexibility index (Phi) is 13.5. The minimum absolute atomic E-state index is 0.619. The second-order valence-corrected chi connectivity index (χ2v) is 2.66. The largest absolute Gasteiger partial charge is 0.453 e. The molecule has 5 heteroatoms. The van der Waals surface area contributed by atoms with Crippen LogP contribution in [-0.4, -0.2) is 31.7 Å². The molecule has 102 valence electrons. The van der Waals surface area contributed by atoms with Crippen molar-refractivity contribution in [2.45, 2.75) is 19.9 Å². The number of amides is 1. The Morgan fingerprint density at radius 1 is 1.28 bits per heavy atom. The number of aldehydes is 1. The highest BCUT2D eigenvalue weighted by atomic mass is 16.5. The Balaban J connectivity index is 0. The summed E-state index contributed by atoms with van der Waals surface area (Å²) < 4.78 is 4.40. The Labute approximate surface area is 108 Å². The van der Waals surface area contributed by atoms with Crippen LogP contribution in [0.15, 0.2) is 30.3 Å². The van der Waals surface area contributed by atoms with E-state index < -0.39 is 12.1 Å². The molecule has 1 amide bonds. The zero-order valence-electron chi connectivity index (χ0n) is 11.2. The summed E-state index contributed by atoms with van der Waals surface area (Å²) in [7, 11) is 2.25. The van der Waals surface area contributed by atoms with Crippen molar-refractivity contribution in [3.05, 3.63) is 35.9 Å². The van der Waals surface area contributed by atoms with Gasteiger partial charge in [0.05, 0.1) is 7.11 Å². The molecule has 0 aromatic heterocycles. The Hall–Kier alpha value is -1.88. The van der Waals surface area contributed by atoms with Crippen LogP contribution in [0.3, 0.4) is 0 Å². The molecule has 0 aliphatic heterocycles. The molecule has 2 N–H and O–H groups in total. The van der Waals surface area contributed by atoms with E-state index in [9.17, 15) is 9.59 Å². The Bertz CT molecular complexity index is 314. The summed E-state index contributed by atoms with van der Waals surface area (Å²) >= 11 is 0. The van der Waals surface area contributed by atoms with E-state index in [1.54, 1.807) is 24.3 Å². The highest BCUT2D eigenvalue weighted by molar-refractivity contribution is 5.74. The van der Waals surface area contributed by atoms with Crippen molar-refractivity contribution in [3.63, 3.8) is 0 Å². The standard InChI is InChI=1S/C10H11NO3.C2H6.CH4O/c1-14-10(13)11-9(7-12)8-5-3-2-4-6-8;2*1-2/h2-7,9H,1H3,(H,11,13);1-2H3;2H,1H3. The van der Waals surface area contributed by atoms with Crippen LogP contribution in [0.4, 0.5) is 4.79 Å². The zero-order valence-corrected chi connectivity index (χ0v) is 11.2. The van der Waals surface area contributed by atoms with Gasteiger partial charge in [0.1, 0.15) is 12.3 Å². The van der Waals surface area contributed by atoms with Crippen molar-refractivity contribution in [3.8, 4) is 0 Å². The number of carbonyl (C=O) groups excluding carboxylic acids is 2. The summed E-state index contributed by atoms with van der Waals surface area (Å²) in [5, 5.41) is 9.40. The molecular weight excluding hydrogens is 234 g/mol. The average molecular weight is 255 g/mol. The van der Waals surface area contributed by atoms with Gasteiger partial charge in [0, 0.05) is 7.11 Å². The normalized spacial score (nSPS) is 9.61. The van der Waals surface area contributed by atoms with Gasteiger partial charge in [-0.25, -0.2) is 4.79 Å². The van der Waals surface area contributed by atoms with Gasteiger partial charge in [-0.05, 0) is 5.56 Å². The van der Waals surface area contributed by atoms with Gasteiger partial charge in [0.2, 0.25) is 0 Å². The molecule has 0 heterocycles. The first kappa shape index (κ1) is 18.5. The summed E-state index contributed by atoms with van der Waals surface area (Å²) in [6.45, 7) is 4.00. The van der Waals surface area contributed by atoms with Crippen LogP contribution < -0.4 is 5.32 Å². The fraction of sp³-hybridized carbons (Fsp3) is 0.385. The van der Waals surface area contributed by atoms with Gasteiger partial charge < -0.3 is 20.0 Å². The predicted molar refractivity (Wildman–Crippen MR) is 70.3 cm³/mol. The Morgan fingerprint density at radius 3 is 2.17 bits per heavy atom. The highest BCUT2D eigenvalue weighted by Gasteiger charge is 2.12. The number of aliphatic hydroxyl groups excluding tert-OH is 1. The number of methoxy groups -OCH3 is 1. The third-order valence-electron chi connectivity index (χ3n) is 1.75. The number of benzene rings is 1. The molecule has 0 radical (unpaired) electrons. The second-order valence-electron chi connectivity index (χ2n) is 2.66. The second kappa shape index (κ2) is 13.2. The summed E-state index contributed by atoms with van der Waals surface area (Å²) in [5.74, 6) is 0. The van der Waals surface area contributed by atoms with Crippen molar-refractivity contribution in [1.82, 2.24) is 5.32 Å². The first-order valence-electron chi connectivity index (χ1n) is 5.57. The van der Waals surface area contributed by atoms with Gasteiger partial charge in [-0.2, -0.15) is 0 Å². The molecule has 1 aromatic carbocycles. The molecule has 1 aromatic rings. The lowest BCUT2D eigenvalue weighted by atomic mass is 10.1. The molecule has 0 saturated carbocycles. The number of ether oxygens (including phenoxy) is 1. The molecule has 1 rings (SSSR count). The van der Waals surface area contributed by atoms with Crippen LogP contribution in [0.25, 0.3) is 0 Å². The van der Waals surface area contributed by atoms with Crippen molar-refractivity contribution in [1.29, 1.82) is 0 Å². The maximum Gasteiger partial charge on any atom is 0.407 e. The van der Waals surface area contributed by atoms with Gasteiger partial charge >= 0.3 is 6.09 Å². The van der Waals surface area contributed by atoms with Gasteiger partial charge in [0.25, 0.3) is 0 Å². The Morgan fingerprint density at radius 2 is 1.78 bits per heavy atom. The van der Waals surface area contributed by atoms with E-state index in [1.807, 2.05) is 19.9 Å². The van der Waals surface area contributed by atoms with Crippen LogP contribution in [0.1, 0.15) is 25.5 Å². The molecular formula is C13H21NO4. The number of carbonyl (C=O) groups is 2. The molecule has 0 saturated heterocycles. The third-order valence-corrected chi connectivity index (χ3v) is 1.75. The number of alkyl carbamates (subject to hydrolysis) is 1. The molecule has 1 atom stereocenters. The third kappa shape index (κ3) is 7.40. The maximum absolute atomic E-state index is 10.9. The number of hydrogen-bond donors (Lipinski definition) is 2. The summed E-state index contributed by atoms with van der Waals surface area (Å²) in [4.78, 5) is 21.5. The van der Waals surface area contributed by atoms with E-state index in [1.165, 1.54) is 7.11 Å². The SMILES string of the molecule is CC.CO.COC(=O)NC(C=O)c1ccccc1. The number of rotatable bonds is 3. The molecule has 18 heavy (non-hydrogen) atoms.